The normalized spacial score (nSPS) is 28.5. The third kappa shape index (κ3) is 3.04. The number of hydrogen-bond acceptors (Lipinski definition) is 8. The van der Waals surface area contributed by atoms with E-state index in [1.54, 1.807) is 0 Å². The van der Waals surface area contributed by atoms with Crippen molar-refractivity contribution in [2.24, 2.45) is 0 Å². The predicted molar refractivity (Wildman–Crippen MR) is 72.5 cm³/mol. The number of halogens is 1. The van der Waals surface area contributed by atoms with E-state index in [1.165, 1.54) is 17.2 Å². The SMILES string of the molecule is Nc1ncnc2c1ncn2[C@@H]1O[C@H](COP(=O)(O)O)C(F)C1O. The number of anilines is 1. The van der Waals surface area contributed by atoms with Crippen molar-refractivity contribution in [2.45, 2.75) is 24.6 Å². The van der Waals surface area contributed by atoms with Gasteiger partial charge in [-0.3, -0.25) is 9.09 Å². The smallest absolute Gasteiger partial charge is 0.385 e. The highest BCUT2D eigenvalue weighted by atomic mass is 31.2. The van der Waals surface area contributed by atoms with E-state index in [1.807, 2.05) is 0 Å². The summed E-state index contributed by atoms with van der Waals surface area (Å²) in [6.07, 6.45) is -3.65. The van der Waals surface area contributed by atoms with Crippen LogP contribution in [0.2, 0.25) is 0 Å². The van der Waals surface area contributed by atoms with E-state index in [2.05, 4.69) is 19.5 Å². The Hall–Kier alpha value is -1.69. The van der Waals surface area contributed by atoms with Gasteiger partial charge in [-0.2, -0.15) is 0 Å². The minimum atomic E-state index is -4.77. The van der Waals surface area contributed by atoms with Crippen LogP contribution < -0.4 is 5.73 Å². The number of rotatable bonds is 4. The molecule has 2 unspecified atom stereocenters. The number of aromatic nitrogens is 4. The fraction of sp³-hybridized carbons (Fsp3) is 0.500. The zero-order valence-corrected chi connectivity index (χ0v) is 12.3. The van der Waals surface area contributed by atoms with Crippen LogP contribution >= 0.6 is 7.82 Å². The molecule has 13 heteroatoms. The Bertz CT molecular complexity index is 767. The number of nitrogens with zero attached hydrogens (tertiary/aromatic N) is 4. The van der Waals surface area contributed by atoms with Crippen molar-refractivity contribution < 1.29 is 33.1 Å². The van der Waals surface area contributed by atoms with Crippen molar-refractivity contribution in [3.05, 3.63) is 12.7 Å². The molecule has 1 aliphatic heterocycles. The van der Waals surface area contributed by atoms with Crippen LogP contribution in [-0.4, -0.2) is 59.4 Å². The fourth-order valence-electron chi connectivity index (χ4n) is 2.30. The molecule has 5 N–H and O–H groups in total. The van der Waals surface area contributed by atoms with Gasteiger partial charge in [0, 0.05) is 0 Å². The lowest BCUT2D eigenvalue weighted by molar-refractivity contribution is -0.0489. The van der Waals surface area contributed by atoms with E-state index in [4.69, 9.17) is 20.3 Å². The van der Waals surface area contributed by atoms with Crippen molar-refractivity contribution in [1.82, 2.24) is 19.5 Å². The van der Waals surface area contributed by atoms with Gasteiger partial charge in [0.2, 0.25) is 0 Å². The van der Waals surface area contributed by atoms with Gasteiger partial charge in [0.05, 0.1) is 12.9 Å². The highest BCUT2D eigenvalue weighted by molar-refractivity contribution is 7.46. The third-order valence-electron chi connectivity index (χ3n) is 3.36. The second-order valence-electron chi connectivity index (χ2n) is 4.87. The molecule has 0 radical (unpaired) electrons. The van der Waals surface area contributed by atoms with E-state index in [0.717, 1.165) is 0 Å². The van der Waals surface area contributed by atoms with Crippen molar-refractivity contribution in [1.29, 1.82) is 0 Å². The number of aliphatic hydroxyl groups excluding tert-OH is 1. The van der Waals surface area contributed by atoms with Gasteiger partial charge in [0.15, 0.2) is 23.9 Å². The Kier molecular flexibility index (Phi) is 4.04. The van der Waals surface area contributed by atoms with E-state index in [9.17, 15) is 14.1 Å². The fourth-order valence-corrected chi connectivity index (χ4v) is 2.64. The minimum absolute atomic E-state index is 0.111. The summed E-state index contributed by atoms with van der Waals surface area (Å²) in [4.78, 5) is 29.0. The van der Waals surface area contributed by atoms with Crippen LogP contribution in [0, 0.1) is 0 Å². The Morgan fingerprint density at radius 2 is 2.17 bits per heavy atom. The van der Waals surface area contributed by atoms with Gasteiger partial charge in [0.25, 0.3) is 0 Å². The maximum atomic E-state index is 14.1. The maximum absolute atomic E-state index is 14.1. The lowest BCUT2D eigenvalue weighted by Gasteiger charge is -2.16. The molecular weight excluding hydrogens is 336 g/mol. The summed E-state index contributed by atoms with van der Waals surface area (Å²) in [5.74, 6) is 0.111. The molecule has 0 spiro atoms. The topological polar surface area (TPSA) is 166 Å². The zero-order valence-electron chi connectivity index (χ0n) is 11.4. The average Bonchev–Trinajstić information content (AvgIpc) is 3.01. The molecule has 0 aromatic carbocycles. The first-order chi connectivity index (χ1) is 10.8. The van der Waals surface area contributed by atoms with Crippen molar-refractivity contribution in [2.75, 3.05) is 12.3 Å². The summed E-state index contributed by atoms with van der Waals surface area (Å²) in [6.45, 7) is -0.719. The molecule has 0 aliphatic carbocycles. The van der Waals surface area contributed by atoms with Gasteiger partial charge in [-0.25, -0.2) is 23.9 Å². The molecule has 11 nitrogen and oxygen atoms in total. The van der Waals surface area contributed by atoms with E-state index < -0.39 is 39.0 Å². The molecule has 0 saturated carbocycles. The van der Waals surface area contributed by atoms with Crippen molar-refractivity contribution in [3.8, 4) is 0 Å². The Balaban J connectivity index is 1.85. The zero-order chi connectivity index (χ0) is 16.8. The van der Waals surface area contributed by atoms with Gasteiger partial charge < -0.3 is 25.4 Å². The lowest BCUT2D eigenvalue weighted by Crippen LogP contribution is -2.30. The number of aliphatic hydroxyl groups is 1. The van der Waals surface area contributed by atoms with Crippen LogP contribution in [0.1, 0.15) is 6.23 Å². The van der Waals surface area contributed by atoms with E-state index in [0.29, 0.717) is 0 Å². The number of phosphoric acid groups is 1. The molecule has 3 rings (SSSR count). The first-order valence-corrected chi connectivity index (χ1v) is 7.91. The second-order valence-corrected chi connectivity index (χ2v) is 6.11. The Morgan fingerprint density at radius 1 is 1.43 bits per heavy atom. The van der Waals surface area contributed by atoms with E-state index >= 15 is 0 Å². The number of nitrogens with two attached hydrogens (primary N) is 1. The molecule has 23 heavy (non-hydrogen) atoms. The lowest BCUT2D eigenvalue weighted by atomic mass is 10.1. The molecule has 1 fully saturated rings. The van der Waals surface area contributed by atoms with Gasteiger partial charge in [-0.1, -0.05) is 0 Å². The van der Waals surface area contributed by atoms with Gasteiger partial charge in [-0.15, -0.1) is 0 Å². The Morgan fingerprint density at radius 3 is 2.87 bits per heavy atom. The summed E-state index contributed by atoms with van der Waals surface area (Å²) in [7, 11) is -4.77. The molecule has 2 aromatic rings. The van der Waals surface area contributed by atoms with Crippen LogP contribution in [0.3, 0.4) is 0 Å². The van der Waals surface area contributed by atoms with Crippen LogP contribution in [0.5, 0.6) is 0 Å². The van der Waals surface area contributed by atoms with Crippen LogP contribution in [0.15, 0.2) is 12.7 Å². The highest BCUT2D eigenvalue weighted by Crippen LogP contribution is 2.39. The monoisotopic (exact) mass is 349 g/mol. The average molecular weight is 349 g/mol. The van der Waals surface area contributed by atoms with Crippen LogP contribution in [-0.2, 0) is 13.8 Å². The largest absolute Gasteiger partial charge is 0.469 e. The summed E-state index contributed by atoms with van der Waals surface area (Å²) in [5.41, 5.74) is 6.13. The number of phosphoric ester groups is 1. The standard InChI is InChI=1S/C10H13FN5O6P/c11-5-4(1-21-23(18,19)20)22-10(7(5)17)16-3-15-6-8(12)13-2-14-9(6)16/h2-5,7,10,17H,1H2,(H2,12,13,14)(H2,18,19,20)/t4-,5?,7?,10-/m1/s1. The molecule has 0 bridgehead atoms. The van der Waals surface area contributed by atoms with Gasteiger partial charge in [-0.05, 0) is 0 Å². The first-order valence-electron chi connectivity index (χ1n) is 6.38. The molecule has 126 valence electrons. The number of nitrogen functional groups attached to an aromatic ring is 1. The summed E-state index contributed by atoms with van der Waals surface area (Å²) < 4.78 is 35.6. The number of hydrogen-bond donors (Lipinski definition) is 4. The molecule has 4 atom stereocenters. The number of fused-ring (bicyclic) bond motifs is 1. The molecule has 2 aromatic heterocycles. The molecular formula is C10H13FN5O6P. The molecule has 3 heterocycles. The van der Waals surface area contributed by atoms with Crippen molar-refractivity contribution >= 4 is 24.8 Å². The van der Waals surface area contributed by atoms with Crippen LogP contribution in [0.4, 0.5) is 10.2 Å². The number of imidazole rings is 1. The number of alkyl halides is 1. The van der Waals surface area contributed by atoms with E-state index in [-0.39, 0.29) is 17.0 Å². The summed E-state index contributed by atoms with van der Waals surface area (Å²) >= 11 is 0. The molecule has 0 amide bonds. The predicted octanol–water partition coefficient (Wildman–Crippen LogP) is -0.886. The van der Waals surface area contributed by atoms with Gasteiger partial charge >= 0.3 is 7.82 Å². The van der Waals surface area contributed by atoms with Crippen LogP contribution in [0.25, 0.3) is 11.2 Å². The van der Waals surface area contributed by atoms with Gasteiger partial charge in [0.1, 0.15) is 24.1 Å². The maximum Gasteiger partial charge on any atom is 0.469 e. The summed E-state index contributed by atoms with van der Waals surface area (Å²) in [5, 5.41) is 9.99. The minimum Gasteiger partial charge on any atom is -0.385 e. The summed E-state index contributed by atoms with van der Waals surface area (Å²) in [6, 6.07) is 0. The first kappa shape index (κ1) is 16.2. The third-order valence-corrected chi connectivity index (χ3v) is 3.84. The molecule has 1 saturated heterocycles. The quantitative estimate of drug-likeness (QED) is 0.509. The Labute approximate surface area is 128 Å². The number of ether oxygens (including phenoxy) is 1. The highest BCUT2D eigenvalue weighted by Gasteiger charge is 2.46. The molecule has 1 aliphatic rings. The second kappa shape index (κ2) is 5.74. The van der Waals surface area contributed by atoms with Crippen molar-refractivity contribution in [3.63, 3.8) is 0 Å².